The molecule has 0 unspecified atom stereocenters. The lowest BCUT2D eigenvalue weighted by Crippen LogP contribution is -2.42. The minimum Gasteiger partial charge on any atom is -0.327 e. The van der Waals surface area contributed by atoms with Crippen molar-refractivity contribution >= 4 is 5.65 Å². The van der Waals surface area contributed by atoms with Gasteiger partial charge in [-0.15, -0.1) is 0 Å². The highest BCUT2D eigenvalue weighted by atomic mass is 15.2. The van der Waals surface area contributed by atoms with Gasteiger partial charge in [0.2, 0.25) is 0 Å². The summed E-state index contributed by atoms with van der Waals surface area (Å²) >= 11 is 0. The Balaban J connectivity index is 1.80. The quantitative estimate of drug-likeness (QED) is 0.872. The molecule has 4 nitrogen and oxygen atoms in total. The van der Waals surface area contributed by atoms with Gasteiger partial charge in [-0.05, 0) is 37.9 Å². The Labute approximate surface area is 107 Å². The van der Waals surface area contributed by atoms with Gasteiger partial charge in [-0.25, -0.2) is 4.98 Å². The first-order chi connectivity index (χ1) is 8.72. The number of nitrogens with zero attached hydrogens (tertiary/aromatic N) is 3. The molecule has 1 saturated heterocycles. The molecule has 1 aliphatic heterocycles. The van der Waals surface area contributed by atoms with Gasteiger partial charge in [-0.1, -0.05) is 6.07 Å². The highest BCUT2D eigenvalue weighted by molar-refractivity contribution is 5.47. The number of pyridine rings is 1. The maximum atomic E-state index is 6.01. The monoisotopic (exact) mass is 244 g/mol. The molecule has 2 aromatic rings. The third kappa shape index (κ3) is 2.26. The van der Waals surface area contributed by atoms with Crippen molar-refractivity contribution in [1.29, 1.82) is 0 Å². The number of aromatic nitrogens is 2. The van der Waals surface area contributed by atoms with Crippen LogP contribution in [0.15, 0.2) is 24.5 Å². The van der Waals surface area contributed by atoms with Crippen LogP contribution in [-0.2, 0) is 6.54 Å². The molecule has 96 valence electrons. The van der Waals surface area contributed by atoms with Gasteiger partial charge in [-0.2, -0.15) is 0 Å². The van der Waals surface area contributed by atoms with Crippen molar-refractivity contribution in [3.63, 3.8) is 0 Å². The summed E-state index contributed by atoms with van der Waals surface area (Å²) in [4.78, 5) is 7.12. The Morgan fingerprint density at radius 1 is 1.50 bits per heavy atom. The first kappa shape index (κ1) is 11.7. The maximum Gasteiger partial charge on any atom is 0.139 e. The van der Waals surface area contributed by atoms with Crippen LogP contribution in [0.3, 0.4) is 0 Å². The summed E-state index contributed by atoms with van der Waals surface area (Å²) < 4.78 is 2.11. The molecule has 0 saturated carbocycles. The van der Waals surface area contributed by atoms with Gasteiger partial charge in [0.1, 0.15) is 5.65 Å². The van der Waals surface area contributed by atoms with E-state index < -0.39 is 0 Å². The zero-order valence-electron chi connectivity index (χ0n) is 10.8. The van der Waals surface area contributed by atoms with E-state index in [4.69, 9.17) is 10.7 Å². The minimum atomic E-state index is 0.331. The van der Waals surface area contributed by atoms with E-state index in [1.54, 1.807) is 0 Å². The first-order valence-corrected chi connectivity index (χ1v) is 6.63. The van der Waals surface area contributed by atoms with Gasteiger partial charge in [-0.3, -0.25) is 4.90 Å². The molecule has 1 aliphatic rings. The molecule has 2 N–H and O–H groups in total. The fourth-order valence-electron chi connectivity index (χ4n) is 2.74. The van der Waals surface area contributed by atoms with E-state index in [9.17, 15) is 0 Å². The smallest absolute Gasteiger partial charge is 0.139 e. The summed E-state index contributed by atoms with van der Waals surface area (Å²) in [5.74, 6) is 0. The number of rotatable bonds is 2. The summed E-state index contributed by atoms with van der Waals surface area (Å²) in [5, 5.41) is 0. The standard InChI is InChI=1S/C14H20N4/c1-11-4-2-7-18-10-13(16-14(11)18)9-17-6-3-5-12(15)8-17/h2,4,7,10,12H,3,5-6,8-9,15H2,1H3/t12-/m1/s1. The second-order valence-electron chi connectivity index (χ2n) is 5.29. The second-order valence-corrected chi connectivity index (χ2v) is 5.29. The molecule has 0 spiro atoms. The zero-order chi connectivity index (χ0) is 12.5. The topological polar surface area (TPSA) is 46.6 Å². The largest absolute Gasteiger partial charge is 0.327 e. The summed E-state index contributed by atoms with van der Waals surface area (Å²) in [5.41, 5.74) is 9.43. The number of nitrogens with two attached hydrogens (primary N) is 1. The van der Waals surface area contributed by atoms with Gasteiger partial charge in [0.15, 0.2) is 0 Å². The Hall–Kier alpha value is -1.39. The van der Waals surface area contributed by atoms with Crippen molar-refractivity contribution in [2.24, 2.45) is 5.73 Å². The molecule has 0 aromatic carbocycles. The first-order valence-electron chi connectivity index (χ1n) is 6.63. The molecule has 0 bridgehead atoms. The molecule has 0 aliphatic carbocycles. The van der Waals surface area contributed by atoms with E-state index in [0.29, 0.717) is 6.04 Å². The summed E-state index contributed by atoms with van der Waals surface area (Å²) in [6.07, 6.45) is 6.54. The average Bonchev–Trinajstić information content (AvgIpc) is 2.73. The SMILES string of the molecule is Cc1cccn2cc(CN3CCC[C@@H](N)C3)nc12. The average molecular weight is 244 g/mol. The van der Waals surface area contributed by atoms with Gasteiger partial charge < -0.3 is 10.1 Å². The number of imidazole rings is 1. The van der Waals surface area contributed by atoms with Crippen LogP contribution in [0.2, 0.25) is 0 Å². The van der Waals surface area contributed by atoms with Crippen molar-refractivity contribution < 1.29 is 0 Å². The van der Waals surface area contributed by atoms with E-state index in [1.165, 1.54) is 12.0 Å². The Morgan fingerprint density at radius 2 is 2.39 bits per heavy atom. The van der Waals surface area contributed by atoms with E-state index in [0.717, 1.165) is 37.4 Å². The van der Waals surface area contributed by atoms with Crippen LogP contribution in [0, 0.1) is 6.92 Å². The minimum absolute atomic E-state index is 0.331. The predicted octanol–water partition coefficient (Wildman–Crippen LogP) is 1.57. The third-order valence-corrected chi connectivity index (χ3v) is 3.66. The molecular formula is C14H20N4. The lowest BCUT2D eigenvalue weighted by molar-refractivity contribution is 0.200. The molecule has 3 rings (SSSR count). The predicted molar refractivity (Wildman–Crippen MR) is 72.4 cm³/mol. The fourth-order valence-corrected chi connectivity index (χ4v) is 2.74. The van der Waals surface area contributed by atoms with Crippen molar-refractivity contribution in [3.05, 3.63) is 35.8 Å². The number of likely N-dealkylation sites (tertiary alicyclic amines) is 1. The Bertz CT molecular complexity index is 546. The van der Waals surface area contributed by atoms with Crippen LogP contribution in [0.5, 0.6) is 0 Å². The van der Waals surface area contributed by atoms with Crippen molar-refractivity contribution in [2.75, 3.05) is 13.1 Å². The summed E-state index contributed by atoms with van der Waals surface area (Å²) in [6, 6.07) is 4.49. The molecule has 3 heterocycles. The molecule has 4 heteroatoms. The number of hydrogen-bond donors (Lipinski definition) is 1. The zero-order valence-corrected chi connectivity index (χ0v) is 10.8. The van der Waals surface area contributed by atoms with E-state index in [1.807, 2.05) is 0 Å². The normalized spacial score (nSPS) is 21.6. The van der Waals surface area contributed by atoms with E-state index >= 15 is 0 Å². The summed E-state index contributed by atoms with van der Waals surface area (Å²) in [6.45, 7) is 5.14. The second kappa shape index (κ2) is 4.71. The molecule has 1 atom stereocenters. The van der Waals surface area contributed by atoms with Crippen molar-refractivity contribution in [1.82, 2.24) is 14.3 Å². The highest BCUT2D eigenvalue weighted by Crippen LogP contribution is 2.14. The molecule has 0 amide bonds. The number of hydrogen-bond acceptors (Lipinski definition) is 3. The Kier molecular flexibility index (Phi) is 3.06. The van der Waals surface area contributed by atoms with Crippen LogP contribution in [-0.4, -0.2) is 33.4 Å². The molecule has 1 fully saturated rings. The molecular weight excluding hydrogens is 224 g/mol. The summed E-state index contributed by atoms with van der Waals surface area (Å²) in [7, 11) is 0. The molecule has 18 heavy (non-hydrogen) atoms. The van der Waals surface area contributed by atoms with Crippen molar-refractivity contribution in [3.8, 4) is 0 Å². The van der Waals surface area contributed by atoms with E-state index in [-0.39, 0.29) is 0 Å². The van der Waals surface area contributed by atoms with Crippen LogP contribution in [0.1, 0.15) is 24.1 Å². The lowest BCUT2D eigenvalue weighted by atomic mass is 10.1. The number of piperidine rings is 1. The molecule has 0 radical (unpaired) electrons. The maximum absolute atomic E-state index is 6.01. The third-order valence-electron chi connectivity index (χ3n) is 3.66. The lowest BCUT2D eigenvalue weighted by Gasteiger charge is -2.29. The number of fused-ring (bicyclic) bond motifs is 1. The van der Waals surface area contributed by atoms with Crippen LogP contribution >= 0.6 is 0 Å². The van der Waals surface area contributed by atoms with Gasteiger partial charge in [0, 0.05) is 31.5 Å². The van der Waals surface area contributed by atoms with Crippen LogP contribution in [0.25, 0.3) is 5.65 Å². The van der Waals surface area contributed by atoms with Gasteiger partial charge >= 0.3 is 0 Å². The van der Waals surface area contributed by atoms with Crippen LogP contribution in [0.4, 0.5) is 0 Å². The number of aryl methyl sites for hydroxylation is 1. The van der Waals surface area contributed by atoms with Gasteiger partial charge in [0.05, 0.1) is 5.69 Å². The van der Waals surface area contributed by atoms with E-state index in [2.05, 4.69) is 40.8 Å². The van der Waals surface area contributed by atoms with Crippen molar-refractivity contribution in [2.45, 2.75) is 32.4 Å². The van der Waals surface area contributed by atoms with Gasteiger partial charge in [0.25, 0.3) is 0 Å². The Morgan fingerprint density at radius 3 is 3.17 bits per heavy atom. The highest BCUT2D eigenvalue weighted by Gasteiger charge is 2.17. The fraction of sp³-hybridized carbons (Fsp3) is 0.500. The molecule has 2 aromatic heterocycles. The van der Waals surface area contributed by atoms with Crippen LogP contribution < -0.4 is 5.73 Å².